The maximum Gasteiger partial charge on any atom is 0.329 e. The minimum Gasteiger partial charge on any atom is -0.480 e. The first kappa shape index (κ1) is 14.1. The van der Waals surface area contributed by atoms with E-state index in [0.717, 1.165) is 12.8 Å². The Labute approximate surface area is 104 Å². The molecule has 1 fully saturated rings. The number of hydrogen-bond acceptors (Lipinski definition) is 3. The molecule has 0 aromatic carbocycles. The third-order valence-electron chi connectivity index (χ3n) is 2.92. The molecule has 0 aromatic heterocycles. The summed E-state index contributed by atoms with van der Waals surface area (Å²) in [7, 11) is 0. The van der Waals surface area contributed by atoms with Crippen LogP contribution >= 0.6 is 0 Å². The summed E-state index contributed by atoms with van der Waals surface area (Å²) < 4.78 is 0. The molecule has 1 aliphatic carbocycles. The van der Waals surface area contributed by atoms with Gasteiger partial charge in [-0.25, -0.2) is 14.4 Å². The summed E-state index contributed by atoms with van der Waals surface area (Å²) >= 11 is 0. The maximum atomic E-state index is 11.5. The van der Waals surface area contributed by atoms with Crippen LogP contribution in [0.25, 0.3) is 0 Å². The van der Waals surface area contributed by atoms with E-state index < -0.39 is 23.6 Å². The van der Waals surface area contributed by atoms with Crippen LogP contribution in [0.1, 0.15) is 19.8 Å². The lowest BCUT2D eigenvalue weighted by Crippen LogP contribution is -2.57. The first-order valence-corrected chi connectivity index (χ1v) is 5.69. The third-order valence-corrected chi connectivity index (χ3v) is 2.92. The van der Waals surface area contributed by atoms with Crippen molar-refractivity contribution in [2.75, 3.05) is 13.1 Å². The average Bonchev–Trinajstić information content (AvgIpc) is 3.07. The molecule has 0 radical (unpaired) electrons. The second-order valence-electron chi connectivity index (χ2n) is 4.45. The van der Waals surface area contributed by atoms with Crippen molar-refractivity contribution in [3.8, 4) is 0 Å². The molecular formula is C10H18N4O4. The van der Waals surface area contributed by atoms with Crippen molar-refractivity contribution < 1.29 is 19.5 Å². The smallest absolute Gasteiger partial charge is 0.329 e. The van der Waals surface area contributed by atoms with Gasteiger partial charge in [0, 0.05) is 13.1 Å². The first-order valence-electron chi connectivity index (χ1n) is 5.69. The Kier molecular flexibility index (Phi) is 4.35. The van der Waals surface area contributed by atoms with Crippen LogP contribution in [0.5, 0.6) is 0 Å². The molecule has 0 aliphatic heterocycles. The Morgan fingerprint density at radius 2 is 1.83 bits per heavy atom. The second-order valence-corrected chi connectivity index (χ2v) is 4.45. The number of nitrogens with one attached hydrogen (secondary N) is 3. The van der Waals surface area contributed by atoms with E-state index in [-0.39, 0.29) is 19.0 Å². The number of hydrogen-bond donors (Lipinski definition) is 5. The standard InChI is InChI=1S/C10H18N4O4/c1-10(7(15)16,6-2-3-6)14-9(18)13-5-4-12-8(11)17/h6H,2-5H2,1H3,(H,15,16)(H3,11,12,17)(H2,13,14,18). The second kappa shape index (κ2) is 5.56. The lowest BCUT2D eigenvalue weighted by molar-refractivity contribution is -0.144. The number of rotatable bonds is 6. The molecule has 4 amide bonds. The van der Waals surface area contributed by atoms with E-state index in [1.54, 1.807) is 0 Å². The summed E-state index contributed by atoms with van der Waals surface area (Å²) in [5.41, 5.74) is 3.61. The molecule has 8 heteroatoms. The van der Waals surface area contributed by atoms with Gasteiger partial charge in [-0.3, -0.25) is 0 Å². The van der Waals surface area contributed by atoms with E-state index in [0.29, 0.717) is 0 Å². The van der Waals surface area contributed by atoms with Gasteiger partial charge in [0.25, 0.3) is 0 Å². The highest BCUT2D eigenvalue weighted by Gasteiger charge is 2.48. The Balaban J connectivity index is 2.34. The van der Waals surface area contributed by atoms with Gasteiger partial charge in [0.1, 0.15) is 5.54 Å². The molecule has 1 unspecified atom stereocenters. The number of primary amides is 1. The molecule has 102 valence electrons. The zero-order valence-corrected chi connectivity index (χ0v) is 10.2. The summed E-state index contributed by atoms with van der Waals surface area (Å²) in [6.45, 7) is 1.86. The summed E-state index contributed by atoms with van der Waals surface area (Å²) in [5.74, 6) is -1.07. The molecule has 0 bridgehead atoms. The molecule has 1 atom stereocenters. The zero-order valence-electron chi connectivity index (χ0n) is 10.2. The number of carboxylic acid groups (broad SMARTS) is 1. The minimum atomic E-state index is -1.23. The molecule has 0 saturated heterocycles. The van der Waals surface area contributed by atoms with Gasteiger partial charge >= 0.3 is 18.0 Å². The summed E-state index contributed by atoms with van der Waals surface area (Å²) in [4.78, 5) is 33.0. The van der Waals surface area contributed by atoms with Crippen LogP contribution in [0.3, 0.4) is 0 Å². The molecule has 0 spiro atoms. The van der Waals surface area contributed by atoms with Crippen LogP contribution in [0.2, 0.25) is 0 Å². The van der Waals surface area contributed by atoms with E-state index in [4.69, 9.17) is 10.8 Å². The number of nitrogens with two attached hydrogens (primary N) is 1. The first-order chi connectivity index (χ1) is 8.36. The Bertz CT molecular complexity index is 356. The molecule has 1 rings (SSSR count). The van der Waals surface area contributed by atoms with Crippen LogP contribution in [0.4, 0.5) is 9.59 Å². The quantitative estimate of drug-likeness (QED) is 0.399. The molecule has 8 nitrogen and oxygen atoms in total. The number of carboxylic acids is 1. The lowest BCUT2D eigenvalue weighted by Gasteiger charge is -2.26. The highest BCUT2D eigenvalue weighted by Crippen LogP contribution is 2.39. The van der Waals surface area contributed by atoms with Gasteiger partial charge in [-0.1, -0.05) is 0 Å². The fourth-order valence-corrected chi connectivity index (χ4v) is 1.63. The maximum absolute atomic E-state index is 11.5. The normalized spacial score (nSPS) is 17.4. The Hall–Kier alpha value is -1.99. The number of aliphatic carboxylic acids is 1. The summed E-state index contributed by atoms with van der Waals surface area (Å²) in [6, 6.07) is -1.25. The minimum absolute atomic E-state index is 0.0236. The van der Waals surface area contributed by atoms with Crippen molar-refractivity contribution in [3.63, 3.8) is 0 Å². The van der Waals surface area contributed by atoms with Gasteiger partial charge in [-0.05, 0) is 25.7 Å². The van der Waals surface area contributed by atoms with Crippen molar-refractivity contribution >= 4 is 18.0 Å². The number of amides is 4. The van der Waals surface area contributed by atoms with Crippen molar-refractivity contribution in [1.29, 1.82) is 0 Å². The van der Waals surface area contributed by atoms with Crippen LogP contribution in [-0.2, 0) is 4.79 Å². The van der Waals surface area contributed by atoms with Crippen LogP contribution in [-0.4, -0.2) is 41.8 Å². The van der Waals surface area contributed by atoms with Crippen molar-refractivity contribution in [1.82, 2.24) is 16.0 Å². The van der Waals surface area contributed by atoms with Crippen molar-refractivity contribution in [2.24, 2.45) is 11.7 Å². The molecule has 6 N–H and O–H groups in total. The van der Waals surface area contributed by atoms with Crippen LogP contribution < -0.4 is 21.7 Å². The van der Waals surface area contributed by atoms with Gasteiger partial charge in [-0.15, -0.1) is 0 Å². The molecule has 0 heterocycles. The predicted molar refractivity (Wildman–Crippen MR) is 62.9 cm³/mol. The largest absolute Gasteiger partial charge is 0.480 e. The van der Waals surface area contributed by atoms with E-state index in [2.05, 4.69) is 16.0 Å². The lowest BCUT2D eigenvalue weighted by atomic mass is 9.96. The Morgan fingerprint density at radius 3 is 2.28 bits per heavy atom. The molecule has 1 saturated carbocycles. The van der Waals surface area contributed by atoms with Gasteiger partial charge in [0.05, 0.1) is 0 Å². The van der Waals surface area contributed by atoms with Gasteiger partial charge < -0.3 is 26.8 Å². The molecule has 0 aromatic rings. The average molecular weight is 258 g/mol. The van der Waals surface area contributed by atoms with Gasteiger partial charge in [0.2, 0.25) is 0 Å². The van der Waals surface area contributed by atoms with E-state index in [1.165, 1.54) is 6.92 Å². The molecule has 1 aliphatic rings. The van der Waals surface area contributed by atoms with Crippen molar-refractivity contribution in [2.45, 2.75) is 25.3 Å². The van der Waals surface area contributed by atoms with Crippen LogP contribution in [0, 0.1) is 5.92 Å². The van der Waals surface area contributed by atoms with Gasteiger partial charge in [-0.2, -0.15) is 0 Å². The number of carbonyl (C=O) groups excluding carboxylic acids is 2. The van der Waals surface area contributed by atoms with E-state index in [1.807, 2.05) is 0 Å². The fourth-order valence-electron chi connectivity index (χ4n) is 1.63. The molecular weight excluding hydrogens is 240 g/mol. The summed E-state index contributed by atoms with van der Waals surface area (Å²) in [5, 5.41) is 16.3. The van der Waals surface area contributed by atoms with Gasteiger partial charge in [0.15, 0.2) is 0 Å². The SMILES string of the molecule is CC(NC(=O)NCCNC(N)=O)(C(=O)O)C1CC1. The van der Waals surface area contributed by atoms with E-state index in [9.17, 15) is 14.4 Å². The van der Waals surface area contributed by atoms with Crippen LogP contribution in [0.15, 0.2) is 0 Å². The highest BCUT2D eigenvalue weighted by molar-refractivity contribution is 5.86. The highest BCUT2D eigenvalue weighted by atomic mass is 16.4. The number of urea groups is 2. The molecule has 18 heavy (non-hydrogen) atoms. The topological polar surface area (TPSA) is 134 Å². The Morgan fingerprint density at radius 1 is 1.28 bits per heavy atom. The summed E-state index contributed by atoms with van der Waals surface area (Å²) in [6.07, 6.45) is 1.60. The zero-order chi connectivity index (χ0) is 13.8. The third kappa shape index (κ3) is 3.79. The predicted octanol–water partition coefficient (Wildman–Crippen LogP) is -0.793. The van der Waals surface area contributed by atoms with E-state index >= 15 is 0 Å². The fraction of sp³-hybridized carbons (Fsp3) is 0.700. The number of carbonyl (C=O) groups is 3. The van der Waals surface area contributed by atoms with Crippen molar-refractivity contribution in [3.05, 3.63) is 0 Å². The monoisotopic (exact) mass is 258 g/mol.